The molecule has 0 aromatic carbocycles. The molecule has 0 saturated carbocycles. The molecule has 2 rings (SSSR count). The van der Waals surface area contributed by atoms with Crippen LogP contribution in [0.1, 0.15) is 26.7 Å². The summed E-state index contributed by atoms with van der Waals surface area (Å²) >= 11 is 0. The number of nitrogens with zero attached hydrogens (tertiary/aromatic N) is 1. The lowest BCUT2D eigenvalue weighted by Crippen LogP contribution is -2.56. The van der Waals surface area contributed by atoms with Gasteiger partial charge in [-0.3, -0.25) is 4.90 Å². The molecule has 15 heavy (non-hydrogen) atoms. The molecule has 88 valence electrons. The lowest BCUT2D eigenvalue weighted by Gasteiger charge is -2.40. The molecule has 0 bridgehead atoms. The molecule has 0 aliphatic carbocycles. The Morgan fingerprint density at radius 1 is 1.27 bits per heavy atom. The second kappa shape index (κ2) is 5.28. The van der Waals surface area contributed by atoms with E-state index in [1.807, 2.05) is 0 Å². The molecule has 1 N–H and O–H groups in total. The average molecular weight is 212 g/mol. The molecule has 0 aromatic rings. The molecule has 2 heterocycles. The number of hydrogen-bond donors (Lipinski definition) is 1. The second-order valence-corrected chi connectivity index (χ2v) is 5.10. The highest BCUT2D eigenvalue weighted by atomic mass is 16.5. The first-order valence-electron chi connectivity index (χ1n) is 6.32. The maximum Gasteiger partial charge on any atom is 0.0469 e. The lowest BCUT2D eigenvalue weighted by molar-refractivity contribution is 0.0369. The van der Waals surface area contributed by atoms with Gasteiger partial charge in [-0.05, 0) is 32.6 Å². The topological polar surface area (TPSA) is 24.5 Å². The summed E-state index contributed by atoms with van der Waals surface area (Å²) < 4.78 is 5.42. The molecule has 2 saturated heterocycles. The summed E-state index contributed by atoms with van der Waals surface area (Å²) in [5, 5.41) is 3.68. The fourth-order valence-electron chi connectivity index (χ4n) is 2.70. The smallest absolute Gasteiger partial charge is 0.0469 e. The summed E-state index contributed by atoms with van der Waals surface area (Å²) in [4.78, 5) is 2.59. The van der Waals surface area contributed by atoms with Gasteiger partial charge in [0.05, 0.1) is 0 Å². The van der Waals surface area contributed by atoms with Gasteiger partial charge in [-0.15, -0.1) is 0 Å². The normalized spacial score (nSPS) is 31.0. The Morgan fingerprint density at radius 2 is 2.00 bits per heavy atom. The summed E-state index contributed by atoms with van der Waals surface area (Å²) in [5.41, 5.74) is 0. The van der Waals surface area contributed by atoms with E-state index in [2.05, 4.69) is 24.1 Å². The van der Waals surface area contributed by atoms with E-state index in [4.69, 9.17) is 4.74 Å². The van der Waals surface area contributed by atoms with E-state index < -0.39 is 0 Å². The fourth-order valence-corrected chi connectivity index (χ4v) is 2.70. The van der Waals surface area contributed by atoms with Crippen molar-refractivity contribution in [2.24, 2.45) is 5.92 Å². The predicted octanol–water partition coefficient (Wildman–Crippen LogP) is 1.10. The zero-order chi connectivity index (χ0) is 10.7. The van der Waals surface area contributed by atoms with Crippen LogP contribution in [-0.4, -0.2) is 49.8 Å². The summed E-state index contributed by atoms with van der Waals surface area (Å²) in [5.74, 6) is 0.834. The van der Waals surface area contributed by atoms with E-state index in [1.165, 1.54) is 25.9 Å². The molecule has 0 radical (unpaired) electrons. The first kappa shape index (κ1) is 11.4. The molecule has 0 amide bonds. The van der Waals surface area contributed by atoms with Crippen LogP contribution < -0.4 is 5.32 Å². The predicted molar refractivity (Wildman–Crippen MR) is 62.0 cm³/mol. The Kier molecular flexibility index (Phi) is 4.00. The first-order chi connectivity index (χ1) is 7.27. The minimum Gasteiger partial charge on any atom is -0.381 e. The molecular weight excluding hydrogens is 188 g/mol. The van der Waals surface area contributed by atoms with Crippen molar-refractivity contribution in [1.29, 1.82) is 0 Å². The lowest BCUT2D eigenvalue weighted by atomic mass is 9.90. The highest BCUT2D eigenvalue weighted by Gasteiger charge is 2.28. The van der Waals surface area contributed by atoms with E-state index in [0.717, 1.165) is 25.7 Å². The minimum atomic E-state index is 0.689. The molecule has 3 nitrogen and oxygen atoms in total. The number of nitrogens with one attached hydrogen (secondary N) is 1. The Morgan fingerprint density at radius 3 is 2.67 bits per heavy atom. The Labute approximate surface area is 93.2 Å². The maximum absolute atomic E-state index is 5.42. The van der Waals surface area contributed by atoms with Crippen LogP contribution in [0.5, 0.6) is 0 Å². The monoisotopic (exact) mass is 212 g/mol. The zero-order valence-corrected chi connectivity index (χ0v) is 10.0. The van der Waals surface area contributed by atoms with Gasteiger partial charge in [-0.2, -0.15) is 0 Å². The standard InChI is InChI=1S/C12H24N2O/c1-10(2)14-6-5-13-12(9-14)11-3-7-15-8-4-11/h10-13H,3-9H2,1-2H3. The van der Waals surface area contributed by atoms with Gasteiger partial charge in [0, 0.05) is 44.9 Å². The van der Waals surface area contributed by atoms with E-state index in [9.17, 15) is 0 Å². The number of rotatable bonds is 2. The van der Waals surface area contributed by atoms with Crippen LogP contribution in [0.4, 0.5) is 0 Å². The molecule has 3 heteroatoms. The molecule has 0 spiro atoms. The van der Waals surface area contributed by atoms with Gasteiger partial charge in [0.15, 0.2) is 0 Å². The molecule has 2 aliphatic rings. The summed E-state index contributed by atoms with van der Waals surface area (Å²) in [6, 6.07) is 1.39. The minimum absolute atomic E-state index is 0.689. The van der Waals surface area contributed by atoms with E-state index in [0.29, 0.717) is 12.1 Å². The van der Waals surface area contributed by atoms with Gasteiger partial charge in [0.2, 0.25) is 0 Å². The second-order valence-electron chi connectivity index (χ2n) is 5.10. The summed E-state index contributed by atoms with van der Waals surface area (Å²) in [6.07, 6.45) is 2.48. The van der Waals surface area contributed by atoms with E-state index in [-0.39, 0.29) is 0 Å². The molecule has 1 atom stereocenters. The van der Waals surface area contributed by atoms with Crippen LogP contribution in [0, 0.1) is 5.92 Å². The van der Waals surface area contributed by atoms with Crippen LogP contribution >= 0.6 is 0 Å². The van der Waals surface area contributed by atoms with Crippen molar-refractivity contribution in [3.8, 4) is 0 Å². The SMILES string of the molecule is CC(C)N1CCNC(C2CCOCC2)C1. The van der Waals surface area contributed by atoms with Crippen LogP contribution in [0.25, 0.3) is 0 Å². The van der Waals surface area contributed by atoms with Gasteiger partial charge < -0.3 is 10.1 Å². The average Bonchev–Trinajstić information content (AvgIpc) is 2.30. The van der Waals surface area contributed by atoms with E-state index in [1.54, 1.807) is 0 Å². The first-order valence-corrected chi connectivity index (χ1v) is 6.32. The van der Waals surface area contributed by atoms with Crippen LogP contribution in [0.15, 0.2) is 0 Å². The van der Waals surface area contributed by atoms with Gasteiger partial charge in [-0.25, -0.2) is 0 Å². The quantitative estimate of drug-likeness (QED) is 0.742. The van der Waals surface area contributed by atoms with Crippen molar-refractivity contribution in [3.63, 3.8) is 0 Å². The highest BCUT2D eigenvalue weighted by molar-refractivity contribution is 4.86. The van der Waals surface area contributed by atoms with Crippen molar-refractivity contribution >= 4 is 0 Å². The molecule has 1 unspecified atom stereocenters. The molecular formula is C12H24N2O. The van der Waals surface area contributed by atoms with Crippen molar-refractivity contribution in [2.75, 3.05) is 32.8 Å². The molecule has 2 fully saturated rings. The maximum atomic E-state index is 5.42. The largest absolute Gasteiger partial charge is 0.381 e. The van der Waals surface area contributed by atoms with Gasteiger partial charge in [-0.1, -0.05) is 0 Å². The van der Waals surface area contributed by atoms with E-state index >= 15 is 0 Å². The number of hydrogen-bond acceptors (Lipinski definition) is 3. The molecule has 2 aliphatic heterocycles. The Bertz CT molecular complexity index is 190. The van der Waals surface area contributed by atoms with Crippen molar-refractivity contribution < 1.29 is 4.74 Å². The Hall–Kier alpha value is -0.120. The molecule has 0 aromatic heterocycles. The number of ether oxygens (including phenoxy) is 1. The third kappa shape index (κ3) is 2.92. The summed E-state index contributed by atoms with van der Waals surface area (Å²) in [7, 11) is 0. The van der Waals surface area contributed by atoms with Crippen LogP contribution in [0.3, 0.4) is 0 Å². The number of piperazine rings is 1. The van der Waals surface area contributed by atoms with Crippen molar-refractivity contribution in [1.82, 2.24) is 10.2 Å². The van der Waals surface area contributed by atoms with Crippen LogP contribution in [0.2, 0.25) is 0 Å². The van der Waals surface area contributed by atoms with Gasteiger partial charge in [0.1, 0.15) is 0 Å². The van der Waals surface area contributed by atoms with Gasteiger partial charge >= 0.3 is 0 Å². The third-order valence-corrected chi connectivity index (χ3v) is 3.80. The fraction of sp³-hybridized carbons (Fsp3) is 1.00. The van der Waals surface area contributed by atoms with Crippen molar-refractivity contribution in [3.05, 3.63) is 0 Å². The Balaban J connectivity index is 1.85. The van der Waals surface area contributed by atoms with Gasteiger partial charge in [0.25, 0.3) is 0 Å². The zero-order valence-electron chi connectivity index (χ0n) is 10.0. The highest BCUT2D eigenvalue weighted by Crippen LogP contribution is 2.21. The third-order valence-electron chi connectivity index (χ3n) is 3.80. The van der Waals surface area contributed by atoms with Crippen LogP contribution in [-0.2, 0) is 4.74 Å². The van der Waals surface area contributed by atoms with Crippen molar-refractivity contribution in [2.45, 2.75) is 38.8 Å². The summed E-state index contributed by atoms with van der Waals surface area (Å²) in [6.45, 7) is 10.1.